The monoisotopic (exact) mass is 248 g/mol. The quantitative estimate of drug-likeness (QED) is 0.583. The van der Waals surface area contributed by atoms with Gasteiger partial charge >= 0.3 is 0 Å². The summed E-state index contributed by atoms with van der Waals surface area (Å²) in [5, 5.41) is 1.13. The van der Waals surface area contributed by atoms with Crippen LogP contribution in [0.4, 0.5) is 0 Å². The third-order valence-electron chi connectivity index (χ3n) is 2.77. The van der Waals surface area contributed by atoms with Crippen LogP contribution in [-0.4, -0.2) is 5.78 Å². The van der Waals surface area contributed by atoms with Crippen LogP contribution in [0.2, 0.25) is 10.0 Å². The average molecular weight is 249 g/mol. The summed E-state index contributed by atoms with van der Waals surface area (Å²) in [4.78, 5) is 12.1. The predicted octanol–water partition coefficient (Wildman–Crippen LogP) is 4.20. The second-order valence-electron chi connectivity index (χ2n) is 3.65. The van der Waals surface area contributed by atoms with Gasteiger partial charge in [0.15, 0.2) is 5.78 Å². The van der Waals surface area contributed by atoms with E-state index in [-0.39, 0.29) is 5.78 Å². The van der Waals surface area contributed by atoms with Gasteiger partial charge in [0.2, 0.25) is 0 Å². The van der Waals surface area contributed by atoms with Crippen LogP contribution in [0, 0.1) is 0 Å². The Bertz CT molecular complexity index is 564. The van der Waals surface area contributed by atoms with Crippen LogP contribution in [0.5, 0.6) is 0 Å². The molecule has 1 aliphatic carbocycles. The fourth-order valence-electron chi connectivity index (χ4n) is 2.08. The molecule has 0 bridgehead atoms. The number of carbonyl (C=O) groups is 1. The zero-order valence-electron chi connectivity index (χ0n) is 8.13. The zero-order valence-corrected chi connectivity index (χ0v) is 9.64. The molecule has 0 aliphatic heterocycles. The summed E-state index contributed by atoms with van der Waals surface area (Å²) in [6.07, 6.45) is 0. The molecule has 1 aliphatic rings. The Kier molecular flexibility index (Phi) is 2.06. The summed E-state index contributed by atoms with van der Waals surface area (Å²) in [6.45, 7) is 0. The van der Waals surface area contributed by atoms with Crippen molar-refractivity contribution in [2.45, 2.75) is 0 Å². The molecule has 0 unspecified atom stereocenters. The van der Waals surface area contributed by atoms with Crippen LogP contribution in [0.25, 0.3) is 11.1 Å². The number of carbonyl (C=O) groups excluding carboxylic acids is 1. The van der Waals surface area contributed by atoms with E-state index in [0.717, 1.165) is 11.1 Å². The summed E-state index contributed by atoms with van der Waals surface area (Å²) in [5.74, 6) is -0.00463. The fraction of sp³-hybridized carbons (Fsp3) is 0. The first kappa shape index (κ1) is 9.88. The van der Waals surface area contributed by atoms with Gasteiger partial charge in [0.05, 0.1) is 0 Å². The lowest BCUT2D eigenvalue weighted by atomic mass is 10.1. The van der Waals surface area contributed by atoms with Gasteiger partial charge in [-0.1, -0.05) is 47.5 Å². The largest absolute Gasteiger partial charge is 0.289 e. The Hall–Kier alpha value is -1.31. The maximum absolute atomic E-state index is 12.1. The molecule has 1 nitrogen and oxygen atoms in total. The fourth-order valence-corrected chi connectivity index (χ4v) is 2.62. The lowest BCUT2D eigenvalue weighted by molar-refractivity contribution is 0.104. The molecule has 0 N–H and O–H groups in total. The lowest BCUT2D eigenvalue weighted by Gasteiger charge is -2.03. The van der Waals surface area contributed by atoms with Gasteiger partial charge in [-0.15, -0.1) is 0 Å². The Balaban J connectivity index is 2.48. The predicted molar refractivity (Wildman–Crippen MR) is 65.3 cm³/mol. The highest BCUT2D eigenvalue weighted by Crippen LogP contribution is 2.44. The number of hydrogen-bond donors (Lipinski definition) is 0. The van der Waals surface area contributed by atoms with E-state index in [9.17, 15) is 4.79 Å². The van der Waals surface area contributed by atoms with Gasteiger partial charge in [-0.3, -0.25) is 4.79 Å². The van der Waals surface area contributed by atoms with Gasteiger partial charge in [-0.2, -0.15) is 0 Å². The van der Waals surface area contributed by atoms with Gasteiger partial charge in [0, 0.05) is 32.3 Å². The van der Waals surface area contributed by atoms with E-state index in [4.69, 9.17) is 23.2 Å². The minimum absolute atomic E-state index is 0.00463. The van der Waals surface area contributed by atoms with Crippen molar-refractivity contribution < 1.29 is 4.79 Å². The molecule has 0 amide bonds. The highest BCUT2D eigenvalue weighted by molar-refractivity contribution is 6.41. The van der Waals surface area contributed by atoms with Crippen molar-refractivity contribution in [3.63, 3.8) is 0 Å². The van der Waals surface area contributed by atoms with Crippen molar-refractivity contribution in [1.29, 1.82) is 0 Å². The minimum Gasteiger partial charge on any atom is -0.289 e. The van der Waals surface area contributed by atoms with Gasteiger partial charge in [0.1, 0.15) is 0 Å². The molecule has 0 atom stereocenters. The molecule has 0 spiro atoms. The molecule has 0 heterocycles. The van der Waals surface area contributed by atoms with Crippen LogP contribution in [-0.2, 0) is 0 Å². The van der Waals surface area contributed by atoms with Crippen molar-refractivity contribution in [2.75, 3.05) is 0 Å². The molecule has 78 valence electrons. The molecule has 0 aromatic heterocycles. The zero-order chi connectivity index (χ0) is 11.3. The van der Waals surface area contributed by atoms with E-state index < -0.39 is 0 Å². The van der Waals surface area contributed by atoms with Crippen LogP contribution in [0.1, 0.15) is 15.9 Å². The number of halogens is 2. The SMILES string of the molecule is O=C1c2cccc(Cl)c2-c2c(Cl)cccc21. The van der Waals surface area contributed by atoms with Gasteiger partial charge < -0.3 is 0 Å². The maximum atomic E-state index is 12.1. The molecule has 2 aromatic rings. The third-order valence-corrected chi connectivity index (χ3v) is 3.40. The number of fused-ring (bicyclic) bond motifs is 3. The Morgan fingerprint density at radius 1 is 0.750 bits per heavy atom. The van der Waals surface area contributed by atoms with Crippen molar-refractivity contribution >= 4 is 29.0 Å². The van der Waals surface area contributed by atoms with Crippen LogP contribution < -0.4 is 0 Å². The molecule has 16 heavy (non-hydrogen) atoms. The maximum Gasteiger partial charge on any atom is 0.194 e. The molecule has 3 rings (SSSR count). The first-order valence-corrected chi connectivity index (χ1v) is 5.58. The van der Waals surface area contributed by atoms with E-state index in [1.165, 1.54) is 0 Å². The second-order valence-corrected chi connectivity index (χ2v) is 4.47. The van der Waals surface area contributed by atoms with Gasteiger partial charge in [-0.25, -0.2) is 0 Å². The number of ketones is 1. The van der Waals surface area contributed by atoms with E-state index in [1.807, 2.05) is 0 Å². The normalized spacial score (nSPS) is 12.5. The molecule has 2 aromatic carbocycles. The second kappa shape index (κ2) is 3.34. The van der Waals surface area contributed by atoms with Crippen LogP contribution in [0.3, 0.4) is 0 Å². The molecular formula is C13H6Cl2O. The number of benzene rings is 2. The number of hydrogen-bond acceptors (Lipinski definition) is 1. The molecule has 0 radical (unpaired) electrons. The standard InChI is InChI=1S/C13H6Cl2O/c14-9-5-1-3-7-11(9)12-8(13(7)16)4-2-6-10(12)15/h1-6H. The van der Waals surface area contributed by atoms with E-state index in [0.29, 0.717) is 21.2 Å². The van der Waals surface area contributed by atoms with Crippen molar-refractivity contribution in [3.8, 4) is 11.1 Å². The summed E-state index contributed by atoms with van der Waals surface area (Å²) < 4.78 is 0. The lowest BCUT2D eigenvalue weighted by Crippen LogP contribution is -1.94. The van der Waals surface area contributed by atoms with Gasteiger partial charge in [-0.05, 0) is 12.1 Å². The minimum atomic E-state index is -0.00463. The average Bonchev–Trinajstić information content (AvgIpc) is 2.56. The smallest absolute Gasteiger partial charge is 0.194 e. The summed E-state index contributed by atoms with van der Waals surface area (Å²) in [6, 6.07) is 10.6. The van der Waals surface area contributed by atoms with Gasteiger partial charge in [0.25, 0.3) is 0 Å². The van der Waals surface area contributed by atoms with E-state index in [2.05, 4.69) is 0 Å². The van der Waals surface area contributed by atoms with E-state index >= 15 is 0 Å². The van der Waals surface area contributed by atoms with E-state index in [1.54, 1.807) is 36.4 Å². The Morgan fingerprint density at radius 2 is 1.19 bits per heavy atom. The van der Waals surface area contributed by atoms with Crippen molar-refractivity contribution in [3.05, 3.63) is 57.6 Å². The van der Waals surface area contributed by atoms with Crippen molar-refractivity contribution in [2.24, 2.45) is 0 Å². The summed E-state index contributed by atoms with van der Waals surface area (Å²) >= 11 is 12.2. The third kappa shape index (κ3) is 1.16. The highest BCUT2D eigenvalue weighted by Gasteiger charge is 2.29. The molecule has 0 saturated carbocycles. The van der Waals surface area contributed by atoms with Crippen LogP contribution >= 0.6 is 23.2 Å². The molecule has 0 saturated heterocycles. The Morgan fingerprint density at radius 3 is 1.62 bits per heavy atom. The first-order chi connectivity index (χ1) is 7.70. The van der Waals surface area contributed by atoms with Crippen molar-refractivity contribution in [1.82, 2.24) is 0 Å². The summed E-state index contributed by atoms with van der Waals surface area (Å²) in [7, 11) is 0. The number of rotatable bonds is 0. The Labute approximate surface area is 103 Å². The molecule has 0 fully saturated rings. The summed E-state index contributed by atoms with van der Waals surface area (Å²) in [5.41, 5.74) is 2.79. The molecule has 3 heteroatoms. The highest BCUT2D eigenvalue weighted by atomic mass is 35.5. The molecular weight excluding hydrogens is 243 g/mol. The van der Waals surface area contributed by atoms with Crippen LogP contribution in [0.15, 0.2) is 36.4 Å². The first-order valence-electron chi connectivity index (χ1n) is 4.82. The topological polar surface area (TPSA) is 17.1 Å².